The fourth-order valence-corrected chi connectivity index (χ4v) is 1.56. The predicted octanol–water partition coefficient (Wildman–Crippen LogP) is 1.78. The van der Waals surface area contributed by atoms with Crippen LogP contribution in [0, 0.1) is 0 Å². The van der Waals surface area contributed by atoms with Crippen molar-refractivity contribution >= 4 is 34.7 Å². The van der Waals surface area contributed by atoms with Crippen molar-refractivity contribution in [3.05, 3.63) is 18.2 Å². The summed E-state index contributed by atoms with van der Waals surface area (Å²) in [5, 5.41) is 2.28. The summed E-state index contributed by atoms with van der Waals surface area (Å²) in [5.74, 6) is 0.540. The molecule has 1 amide bonds. The van der Waals surface area contributed by atoms with Crippen molar-refractivity contribution in [2.24, 2.45) is 4.99 Å². The van der Waals surface area contributed by atoms with E-state index in [9.17, 15) is 4.79 Å². The average molecular weight is 220 g/mol. The number of likely N-dealkylation sites (N-methyl/N-ethyl adjacent to an activating group) is 1. The van der Waals surface area contributed by atoms with Crippen molar-refractivity contribution < 1.29 is 9.53 Å². The third kappa shape index (κ3) is 1.63. The maximum atomic E-state index is 11.4. The molecular weight excluding hydrogens is 212 g/mol. The number of nitrogens with zero attached hydrogens (tertiary/aromatic N) is 2. The van der Waals surface area contributed by atoms with E-state index in [4.69, 9.17) is 4.74 Å². The second-order valence-electron chi connectivity index (χ2n) is 3.07. The number of thiocarbonyl (C=S) groups is 1. The van der Waals surface area contributed by atoms with Gasteiger partial charge in [0, 0.05) is 7.05 Å². The van der Waals surface area contributed by atoms with Crippen LogP contribution in [0.5, 0.6) is 5.75 Å². The molecule has 1 aliphatic heterocycles. The van der Waals surface area contributed by atoms with Gasteiger partial charge < -0.3 is 9.64 Å². The van der Waals surface area contributed by atoms with E-state index in [-0.39, 0.29) is 12.5 Å². The molecule has 0 spiro atoms. The second-order valence-corrected chi connectivity index (χ2v) is 3.25. The number of benzene rings is 1. The molecule has 0 fully saturated rings. The van der Waals surface area contributed by atoms with E-state index in [0.717, 1.165) is 0 Å². The Morgan fingerprint density at radius 3 is 3.13 bits per heavy atom. The maximum Gasteiger partial charge on any atom is 0.264 e. The summed E-state index contributed by atoms with van der Waals surface area (Å²) >= 11 is 4.55. The summed E-state index contributed by atoms with van der Waals surface area (Å²) in [6.07, 6.45) is 0. The average Bonchev–Trinajstić information content (AvgIpc) is 2.24. The Bertz CT molecular complexity index is 466. The maximum absolute atomic E-state index is 11.4. The molecule has 0 saturated heterocycles. The van der Waals surface area contributed by atoms with Crippen molar-refractivity contribution in [3.8, 4) is 5.75 Å². The second kappa shape index (κ2) is 3.81. The standard InChI is InChI=1S/C10H8N2O2S/c1-12-9(13)5-14-8-4-2-3-7(10(8)12)11-6-15/h2-4H,5H2,1H3. The van der Waals surface area contributed by atoms with Crippen molar-refractivity contribution in [1.29, 1.82) is 0 Å². The number of amides is 1. The molecule has 0 radical (unpaired) electrons. The van der Waals surface area contributed by atoms with Crippen LogP contribution in [0.3, 0.4) is 0 Å². The molecule has 1 aromatic rings. The lowest BCUT2D eigenvalue weighted by molar-refractivity contribution is -0.120. The summed E-state index contributed by atoms with van der Waals surface area (Å²) in [6.45, 7) is 0.0637. The zero-order valence-electron chi connectivity index (χ0n) is 8.06. The van der Waals surface area contributed by atoms with Crippen LogP contribution >= 0.6 is 12.2 Å². The molecule has 0 unspecified atom stereocenters. The lowest BCUT2D eigenvalue weighted by Gasteiger charge is -2.26. The van der Waals surface area contributed by atoms with E-state index in [0.29, 0.717) is 17.1 Å². The quantitative estimate of drug-likeness (QED) is 0.535. The highest BCUT2D eigenvalue weighted by molar-refractivity contribution is 7.78. The van der Waals surface area contributed by atoms with Crippen LogP contribution in [0.25, 0.3) is 0 Å². The molecule has 76 valence electrons. The molecule has 5 heteroatoms. The Hall–Kier alpha value is -1.71. The topological polar surface area (TPSA) is 41.9 Å². The molecule has 0 aliphatic carbocycles. The Morgan fingerprint density at radius 2 is 2.40 bits per heavy atom. The number of fused-ring (bicyclic) bond motifs is 1. The Morgan fingerprint density at radius 1 is 1.60 bits per heavy atom. The van der Waals surface area contributed by atoms with E-state index in [2.05, 4.69) is 22.4 Å². The molecule has 1 aromatic carbocycles. The van der Waals surface area contributed by atoms with Gasteiger partial charge in [-0.05, 0) is 24.4 Å². The molecule has 2 rings (SSSR count). The van der Waals surface area contributed by atoms with Gasteiger partial charge in [0.2, 0.25) is 0 Å². The molecule has 0 N–H and O–H groups in total. The van der Waals surface area contributed by atoms with Gasteiger partial charge in [0.05, 0.1) is 5.16 Å². The fraction of sp³-hybridized carbons (Fsp3) is 0.200. The van der Waals surface area contributed by atoms with Crippen molar-refractivity contribution in [2.75, 3.05) is 18.6 Å². The van der Waals surface area contributed by atoms with Crippen LogP contribution in [-0.2, 0) is 4.79 Å². The highest BCUT2D eigenvalue weighted by Gasteiger charge is 2.24. The Labute approximate surface area is 92.2 Å². The first-order valence-corrected chi connectivity index (χ1v) is 4.75. The van der Waals surface area contributed by atoms with Gasteiger partial charge in [-0.3, -0.25) is 4.79 Å². The first kappa shape index (κ1) is 9.83. The molecule has 0 saturated carbocycles. The summed E-state index contributed by atoms with van der Waals surface area (Å²) in [4.78, 5) is 16.8. The summed E-state index contributed by atoms with van der Waals surface area (Å²) < 4.78 is 5.28. The van der Waals surface area contributed by atoms with Gasteiger partial charge in [-0.15, -0.1) is 0 Å². The molecule has 0 atom stereocenters. The molecule has 0 aromatic heterocycles. The minimum atomic E-state index is -0.102. The number of hydrogen-bond acceptors (Lipinski definition) is 4. The molecule has 0 bridgehead atoms. The monoisotopic (exact) mass is 220 g/mol. The highest BCUT2D eigenvalue weighted by Crippen LogP contribution is 2.39. The van der Waals surface area contributed by atoms with Gasteiger partial charge in [0.15, 0.2) is 6.61 Å². The number of ether oxygens (including phenoxy) is 1. The van der Waals surface area contributed by atoms with Crippen LogP contribution in [0.15, 0.2) is 23.2 Å². The number of anilines is 1. The number of carbonyl (C=O) groups is 1. The van der Waals surface area contributed by atoms with E-state index in [1.807, 2.05) is 0 Å². The first-order chi connectivity index (χ1) is 7.24. The normalized spacial score (nSPS) is 13.9. The lowest BCUT2D eigenvalue weighted by Crippen LogP contribution is -2.35. The zero-order valence-corrected chi connectivity index (χ0v) is 8.87. The molecule has 1 heterocycles. The number of carbonyl (C=O) groups excluding carboxylic acids is 1. The predicted molar refractivity (Wildman–Crippen MR) is 60.0 cm³/mol. The minimum absolute atomic E-state index is 0.0637. The van der Waals surface area contributed by atoms with E-state index < -0.39 is 0 Å². The smallest absolute Gasteiger partial charge is 0.264 e. The Balaban J connectivity index is 2.61. The van der Waals surface area contributed by atoms with E-state index in [1.54, 1.807) is 25.2 Å². The van der Waals surface area contributed by atoms with Gasteiger partial charge in [0.1, 0.15) is 17.1 Å². The largest absolute Gasteiger partial charge is 0.481 e. The van der Waals surface area contributed by atoms with E-state index >= 15 is 0 Å². The zero-order chi connectivity index (χ0) is 10.8. The number of isothiocyanates is 1. The minimum Gasteiger partial charge on any atom is -0.481 e. The van der Waals surface area contributed by atoms with E-state index in [1.165, 1.54) is 4.90 Å². The van der Waals surface area contributed by atoms with Crippen LogP contribution in [0.1, 0.15) is 0 Å². The molecule has 15 heavy (non-hydrogen) atoms. The van der Waals surface area contributed by atoms with Gasteiger partial charge >= 0.3 is 0 Å². The first-order valence-electron chi connectivity index (χ1n) is 4.34. The Kier molecular flexibility index (Phi) is 2.49. The summed E-state index contributed by atoms with van der Waals surface area (Å²) in [5.41, 5.74) is 1.24. The highest BCUT2D eigenvalue weighted by atomic mass is 32.1. The van der Waals surface area contributed by atoms with Crippen LogP contribution in [-0.4, -0.2) is 24.7 Å². The number of para-hydroxylation sites is 1. The number of hydrogen-bond donors (Lipinski definition) is 0. The molecule has 1 aliphatic rings. The number of rotatable bonds is 1. The summed E-state index contributed by atoms with van der Waals surface area (Å²) in [7, 11) is 1.69. The SMILES string of the molecule is CN1C(=O)COc2cccc(N=C=S)c21. The van der Waals surface area contributed by atoms with Gasteiger partial charge in [0.25, 0.3) is 5.91 Å². The summed E-state index contributed by atoms with van der Waals surface area (Å²) in [6, 6.07) is 5.35. The molecular formula is C10H8N2O2S. The van der Waals surface area contributed by atoms with Crippen molar-refractivity contribution in [1.82, 2.24) is 0 Å². The van der Waals surface area contributed by atoms with Crippen molar-refractivity contribution in [3.63, 3.8) is 0 Å². The lowest BCUT2D eigenvalue weighted by atomic mass is 10.2. The molecule has 4 nitrogen and oxygen atoms in total. The van der Waals surface area contributed by atoms with Gasteiger partial charge in [-0.1, -0.05) is 6.07 Å². The van der Waals surface area contributed by atoms with Gasteiger partial charge in [-0.2, -0.15) is 4.99 Å². The van der Waals surface area contributed by atoms with Crippen LogP contribution in [0.4, 0.5) is 11.4 Å². The van der Waals surface area contributed by atoms with Crippen LogP contribution in [0.2, 0.25) is 0 Å². The number of aliphatic imine (C=N–C) groups is 1. The third-order valence-electron chi connectivity index (χ3n) is 2.20. The third-order valence-corrected chi connectivity index (χ3v) is 2.30. The van der Waals surface area contributed by atoms with Crippen LogP contribution < -0.4 is 9.64 Å². The fourth-order valence-electron chi connectivity index (χ4n) is 1.46. The van der Waals surface area contributed by atoms with Crippen molar-refractivity contribution in [2.45, 2.75) is 0 Å². The van der Waals surface area contributed by atoms with Gasteiger partial charge in [-0.25, -0.2) is 0 Å².